The molecule has 6 rings (SSSR count). The Hall–Kier alpha value is -4.08. The van der Waals surface area contributed by atoms with Gasteiger partial charge in [-0.1, -0.05) is 59.3 Å². The summed E-state index contributed by atoms with van der Waals surface area (Å²) in [5, 5.41) is 10.6. The molecular formula is C31H26ClFN4O3S. The van der Waals surface area contributed by atoms with E-state index in [0.29, 0.717) is 16.1 Å². The van der Waals surface area contributed by atoms with Gasteiger partial charge in [0.1, 0.15) is 11.3 Å². The number of halogens is 2. The molecule has 1 amide bonds. The quantitative estimate of drug-likeness (QED) is 0.201. The first-order valence-electron chi connectivity index (χ1n) is 13.2. The number of nitrogens with zero attached hydrogens (tertiary/aromatic N) is 4. The molecule has 1 N–H and O–H groups in total. The fourth-order valence-electron chi connectivity index (χ4n) is 5.14. The minimum Gasteiger partial charge on any atom is -0.481 e. The van der Waals surface area contributed by atoms with Crippen LogP contribution in [0.1, 0.15) is 24.8 Å². The van der Waals surface area contributed by atoms with Crippen LogP contribution in [0, 0.1) is 11.0 Å². The maximum absolute atomic E-state index is 15.7. The Labute approximate surface area is 244 Å². The lowest BCUT2D eigenvalue weighted by Crippen LogP contribution is -2.39. The lowest BCUT2D eigenvalue weighted by atomic mass is 9.94. The number of thiazole rings is 1. The number of carboxylic acid groups (broad SMARTS) is 1. The molecular weight excluding hydrogens is 563 g/mol. The van der Waals surface area contributed by atoms with Crippen LogP contribution in [0.5, 0.6) is 0 Å². The summed E-state index contributed by atoms with van der Waals surface area (Å²) in [6, 6.07) is 18.3. The van der Waals surface area contributed by atoms with Crippen LogP contribution in [0.2, 0.25) is 5.02 Å². The third-order valence-corrected chi connectivity index (χ3v) is 8.36. The van der Waals surface area contributed by atoms with E-state index in [1.807, 2.05) is 66.3 Å². The van der Waals surface area contributed by atoms with Gasteiger partial charge < -0.3 is 9.67 Å². The highest BCUT2D eigenvalue weighted by Gasteiger charge is 2.40. The molecule has 208 valence electrons. The number of carbonyl (C=O) groups is 2. The van der Waals surface area contributed by atoms with Gasteiger partial charge in [0.25, 0.3) is 0 Å². The van der Waals surface area contributed by atoms with Gasteiger partial charge in [0.05, 0.1) is 12.3 Å². The Morgan fingerprint density at radius 2 is 1.93 bits per heavy atom. The third-order valence-electron chi connectivity index (χ3n) is 7.28. The van der Waals surface area contributed by atoms with Gasteiger partial charge in [0.2, 0.25) is 11.0 Å². The van der Waals surface area contributed by atoms with Gasteiger partial charge in [-0.3, -0.25) is 14.5 Å². The lowest BCUT2D eigenvalue weighted by molar-refractivity contribution is -0.140. The Morgan fingerprint density at radius 3 is 2.66 bits per heavy atom. The summed E-state index contributed by atoms with van der Waals surface area (Å²) in [5.74, 6) is -2.23. The van der Waals surface area contributed by atoms with Gasteiger partial charge in [0.15, 0.2) is 5.13 Å². The molecule has 41 heavy (non-hydrogen) atoms. The largest absolute Gasteiger partial charge is 0.481 e. The van der Waals surface area contributed by atoms with Gasteiger partial charge in [-0.05, 0) is 54.7 Å². The highest BCUT2D eigenvalue weighted by molar-refractivity contribution is 7.14. The summed E-state index contributed by atoms with van der Waals surface area (Å²) in [7, 11) is 1.92. The third kappa shape index (κ3) is 5.60. The van der Waals surface area contributed by atoms with Crippen molar-refractivity contribution in [2.75, 3.05) is 4.90 Å². The summed E-state index contributed by atoms with van der Waals surface area (Å²) in [6.07, 6.45) is 5.10. The van der Waals surface area contributed by atoms with Crippen LogP contribution in [0.3, 0.4) is 0 Å². The van der Waals surface area contributed by atoms with E-state index in [2.05, 4.69) is 9.97 Å². The Bertz CT molecular complexity index is 1770. The van der Waals surface area contributed by atoms with Crippen LogP contribution in [0.4, 0.5) is 9.52 Å². The van der Waals surface area contributed by atoms with Crippen molar-refractivity contribution in [2.24, 2.45) is 13.0 Å². The Morgan fingerprint density at radius 1 is 1.15 bits per heavy atom. The monoisotopic (exact) mass is 588 g/mol. The summed E-state index contributed by atoms with van der Waals surface area (Å²) in [5.41, 5.74) is 3.76. The molecule has 1 aliphatic rings. The number of hydrogen-bond acceptors (Lipinski definition) is 5. The molecule has 1 atom stereocenters. The summed E-state index contributed by atoms with van der Waals surface area (Å²) >= 11 is 7.16. The number of aliphatic carboxylic acids is 1. The van der Waals surface area contributed by atoms with E-state index in [-0.39, 0.29) is 35.6 Å². The number of fused-ring (bicyclic) bond motifs is 1. The first kappa shape index (κ1) is 27.1. The zero-order valence-electron chi connectivity index (χ0n) is 22.1. The van der Waals surface area contributed by atoms with Crippen molar-refractivity contribution in [1.29, 1.82) is 0 Å². The van der Waals surface area contributed by atoms with Crippen LogP contribution < -0.4 is 4.90 Å². The predicted molar refractivity (Wildman–Crippen MR) is 159 cm³/mol. The number of pyridine rings is 1. The van der Waals surface area contributed by atoms with Gasteiger partial charge in [0, 0.05) is 47.0 Å². The molecule has 3 aromatic heterocycles. The molecule has 1 aliphatic carbocycles. The first-order chi connectivity index (χ1) is 19.8. The van der Waals surface area contributed by atoms with Crippen LogP contribution >= 0.6 is 22.9 Å². The number of aromatic nitrogens is 3. The number of benzene rings is 2. The molecule has 1 saturated carbocycles. The highest BCUT2D eigenvalue weighted by Crippen LogP contribution is 2.42. The van der Waals surface area contributed by atoms with Crippen molar-refractivity contribution < 1.29 is 19.1 Å². The average Bonchev–Trinajstić information content (AvgIpc) is 3.61. The predicted octanol–water partition coefficient (Wildman–Crippen LogP) is 6.99. The molecule has 3 heterocycles. The van der Waals surface area contributed by atoms with Crippen molar-refractivity contribution in [3.8, 4) is 22.4 Å². The molecule has 0 saturated heterocycles. The standard InChI is InChI=1S/C31H26ClFN4O3S/c1-36-12-11-19-14-21(17-34-29(19)36)24-10-7-22(32)16-25(24)27-28(33)41-31(35-27)37(23-8-9-23)30(40)20(15-26(38)39)13-18-5-3-2-4-6-18/h2-7,10-12,14,16-17,20,23H,8-9,13,15H2,1H3,(H,38,39). The van der Waals surface area contributed by atoms with Gasteiger partial charge >= 0.3 is 5.97 Å². The van der Waals surface area contributed by atoms with Gasteiger partial charge in [-0.2, -0.15) is 4.39 Å². The van der Waals surface area contributed by atoms with Crippen molar-refractivity contribution in [2.45, 2.75) is 31.7 Å². The molecule has 0 radical (unpaired) electrons. The Balaban J connectivity index is 1.38. The van der Waals surface area contributed by atoms with E-state index >= 15 is 4.39 Å². The molecule has 0 spiro atoms. The molecule has 1 unspecified atom stereocenters. The average molecular weight is 589 g/mol. The maximum atomic E-state index is 15.7. The molecule has 7 nitrogen and oxygen atoms in total. The van der Waals surface area contributed by atoms with Crippen molar-refractivity contribution in [3.05, 3.63) is 88.8 Å². The summed E-state index contributed by atoms with van der Waals surface area (Å²) in [4.78, 5) is 36.3. The topological polar surface area (TPSA) is 88.3 Å². The number of carbonyl (C=O) groups excluding carboxylic acids is 1. The maximum Gasteiger partial charge on any atom is 0.304 e. The van der Waals surface area contributed by atoms with Crippen molar-refractivity contribution in [3.63, 3.8) is 0 Å². The SMILES string of the molecule is Cn1ccc2cc(-c3ccc(Cl)cc3-c3nc(N(C(=O)C(CC(=O)O)Cc4ccccc4)C4CC4)sc3F)cnc21. The fraction of sp³-hybridized carbons (Fsp3) is 0.226. The van der Waals surface area contributed by atoms with E-state index < -0.39 is 17.0 Å². The number of amides is 1. The Kier molecular flexibility index (Phi) is 7.32. The molecule has 1 fully saturated rings. The van der Waals surface area contributed by atoms with Crippen molar-refractivity contribution >= 4 is 51.0 Å². The van der Waals surface area contributed by atoms with Crippen LogP contribution in [-0.4, -0.2) is 37.6 Å². The van der Waals surface area contributed by atoms with Gasteiger partial charge in [-0.25, -0.2) is 9.97 Å². The van der Waals surface area contributed by atoms with E-state index in [4.69, 9.17) is 11.6 Å². The number of hydrogen-bond donors (Lipinski definition) is 1. The van der Waals surface area contributed by atoms with Crippen LogP contribution in [0.15, 0.2) is 73.1 Å². The molecule has 5 aromatic rings. The first-order valence-corrected chi connectivity index (χ1v) is 14.4. The number of aryl methyl sites for hydroxylation is 1. The van der Waals surface area contributed by atoms with Crippen LogP contribution in [-0.2, 0) is 23.1 Å². The lowest BCUT2D eigenvalue weighted by Gasteiger charge is -2.24. The number of anilines is 1. The number of carboxylic acids is 1. The minimum atomic E-state index is -1.06. The second kappa shape index (κ2) is 11.1. The van der Waals surface area contributed by atoms with Gasteiger partial charge in [-0.15, -0.1) is 0 Å². The minimum absolute atomic E-state index is 0.0898. The molecule has 2 aromatic carbocycles. The molecule has 10 heteroatoms. The van der Waals surface area contributed by atoms with E-state index in [1.54, 1.807) is 18.3 Å². The highest BCUT2D eigenvalue weighted by atomic mass is 35.5. The smallest absolute Gasteiger partial charge is 0.304 e. The van der Waals surface area contributed by atoms with Crippen molar-refractivity contribution in [1.82, 2.24) is 14.5 Å². The zero-order valence-corrected chi connectivity index (χ0v) is 23.7. The van der Waals surface area contributed by atoms with E-state index in [0.717, 1.165) is 46.3 Å². The second-order valence-corrected chi connectivity index (χ2v) is 11.7. The molecule has 0 bridgehead atoms. The second-order valence-electron chi connectivity index (χ2n) is 10.3. The fourth-order valence-corrected chi connectivity index (χ4v) is 6.20. The zero-order chi connectivity index (χ0) is 28.7. The summed E-state index contributed by atoms with van der Waals surface area (Å²) < 4.78 is 17.6. The van der Waals surface area contributed by atoms with E-state index in [1.165, 1.54) is 4.90 Å². The number of rotatable bonds is 9. The van der Waals surface area contributed by atoms with Crippen LogP contribution in [0.25, 0.3) is 33.4 Å². The molecule has 0 aliphatic heterocycles. The summed E-state index contributed by atoms with van der Waals surface area (Å²) in [6.45, 7) is 0. The normalized spacial score (nSPS) is 13.8. The van der Waals surface area contributed by atoms with E-state index in [9.17, 15) is 14.7 Å².